The van der Waals surface area contributed by atoms with E-state index in [0.29, 0.717) is 5.88 Å². The summed E-state index contributed by atoms with van der Waals surface area (Å²) in [5.41, 5.74) is 0.982. The zero-order chi connectivity index (χ0) is 9.26. The Bertz CT molecular complexity index is 371. The van der Waals surface area contributed by atoms with Gasteiger partial charge >= 0.3 is 0 Å². The molecule has 0 radical (unpaired) electrons. The van der Waals surface area contributed by atoms with Crippen molar-refractivity contribution in [2.75, 3.05) is 11.9 Å². The van der Waals surface area contributed by atoms with Crippen molar-refractivity contribution in [1.29, 1.82) is 0 Å². The molecule has 0 aliphatic carbocycles. The fourth-order valence-electron chi connectivity index (χ4n) is 1.32. The molecule has 0 unspecified atom stereocenters. The van der Waals surface area contributed by atoms with Crippen LogP contribution >= 0.6 is 0 Å². The van der Waals surface area contributed by atoms with E-state index < -0.39 is 0 Å². The lowest BCUT2D eigenvalue weighted by Gasteiger charge is -2.08. The number of hydrogen-bond donors (Lipinski definition) is 0. The first kappa shape index (κ1) is 7.86. The molecule has 3 heteroatoms. The summed E-state index contributed by atoms with van der Waals surface area (Å²) >= 11 is 0. The van der Waals surface area contributed by atoms with Gasteiger partial charge < -0.3 is 9.64 Å². The summed E-state index contributed by atoms with van der Waals surface area (Å²) in [5.74, 6) is 1.36. The van der Waals surface area contributed by atoms with Crippen LogP contribution in [-0.4, -0.2) is 13.3 Å². The lowest BCUT2D eigenvalue weighted by atomic mass is 10.3. The van der Waals surface area contributed by atoms with Gasteiger partial charge in [-0.1, -0.05) is 12.1 Å². The van der Waals surface area contributed by atoms with E-state index in [-0.39, 0.29) is 0 Å². The maximum absolute atomic E-state index is 10.3. The van der Waals surface area contributed by atoms with Crippen LogP contribution in [0.25, 0.3) is 0 Å². The van der Waals surface area contributed by atoms with Crippen LogP contribution in [0.2, 0.25) is 0 Å². The van der Waals surface area contributed by atoms with Crippen molar-refractivity contribution in [3.05, 3.63) is 36.2 Å². The average molecular weight is 175 g/mol. The number of allylic oxidation sites excluding steroid dienone is 1. The lowest BCUT2D eigenvalue weighted by Crippen LogP contribution is -2.13. The van der Waals surface area contributed by atoms with E-state index in [0.717, 1.165) is 17.7 Å². The first-order valence-electron chi connectivity index (χ1n) is 3.99. The number of nitrogens with zero attached hydrogens (tertiary/aromatic N) is 1. The zero-order valence-corrected chi connectivity index (χ0v) is 7.23. The zero-order valence-electron chi connectivity index (χ0n) is 7.23. The Kier molecular flexibility index (Phi) is 1.77. The van der Waals surface area contributed by atoms with E-state index in [1.807, 2.05) is 36.2 Å². The Morgan fingerprint density at radius 1 is 1.38 bits per heavy atom. The molecule has 0 saturated carbocycles. The third-order valence-electron chi connectivity index (χ3n) is 1.98. The van der Waals surface area contributed by atoms with Crippen LogP contribution in [-0.2, 0) is 4.79 Å². The Hall–Kier alpha value is -1.77. The molecule has 0 aromatic heterocycles. The second-order valence-corrected chi connectivity index (χ2v) is 2.77. The van der Waals surface area contributed by atoms with Gasteiger partial charge in [0, 0.05) is 13.1 Å². The molecule has 66 valence electrons. The SMILES string of the molecule is CN1/C(=C/C=O)Oc2ccccc21. The average Bonchev–Trinajstić information content (AvgIpc) is 2.46. The molecule has 0 bridgehead atoms. The number of carbonyl (C=O) groups is 1. The Labute approximate surface area is 76.2 Å². The molecule has 0 amide bonds. The molecule has 1 aromatic rings. The fourth-order valence-corrected chi connectivity index (χ4v) is 1.32. The second kappa shape index (κ2) is 2.94. The molecule has 0 saturated heterocycles. The summed E-state index contributed by atoms with van der Waals surface area (Å²) < 4.78 is 5.42. The van der Waals surface area contributed by atoms with Crippen LogP contribution in [0.5, 0.6) is 5.75 Å². The summed E-state index contributed by atoms with van der Waals surface area (Å²) in [4.78, 5) is 12.1. The minimum Gasteiger partial charge on any atom is -0.439 e. The molecule has 0 atom stereocenters. The highest BCUT2D eigenvalue weighted by molar-refractivity contribution is 5.72. The quantitative estimate of drug-likeness (QED) is 0.479. The Balaban J connectivity index is 2.43. The first-order valence-corrected chi connectivity index (χ1v) is 3.99. The van der Waals surface area contributed by atoms with E-state index in [9.17, 15) is 4.79 Å². The minimum atomic E-state index is 0.566. The summed E-state index contributed by atoms with van der Waals surface area (Å²) in [6.45, 7) is 0. The Morgan fingerprint density at radius 2 is 2.15 bits per heavy atom. The molecule has 1 aliphatic heterocycles. The van der Waals surface area contributed by atoms with Crippen LogP contribution in [0.4, 0.5) is 5.69 Å². The van der Waals surface area contributed by atoms with Gasteiger partial charge in [0.05, 0.1) is 5.69 Å². The predicted molar refractivity (Wildman–Crippen MR) is 49.6 cm³/mol. The molecule has 3 nitrogen and oxygen atoms in total. The standard InChI is InChI=1S/C10H9NO2/c1-11-8-4-2-3-5-9(8)13-10(11)6-7-12/h2-7H,1H3/b10-6-. The number of aldehydes is 1. The smallest absolute Gasteiger partial charge is 0.203 e. The minimum absolute atomic E-state index is 0.566. The van der Waals surface area contributed by atoms with E-state index in [1.165, 1.54) is 6.08 Å². The van der Waals surface area contributed by atoms with E-state index >= 15 is 0 Å². The highest BCUT2D eigenvalue weighted by Crippen LogP contribution is 2.36. The third-order valence-corrected chi connectivity index (χ3v) is 1.98. The van der Waals surface area contributed by atoms with Gasteiger partial charge in [-0.25, -0.2) is 0 Å². The number of benzene rings is 1. The van der Waals surface area contributed by atoms with Crippen LogP contribution in [0.1, 0.15) is 0 Å². The molecule has 1 heterocycles. The molecule has 2 rings (SSSR count). The summed E-state index contributed by atoms with van der Waals surface area (Å²) in [6.07, 6.45) is 2.12. The molecule has 0 spiro atoms. The molecular formula is C10H9NO2. The van der Waals surface area contributed by atoms with Gasteiger partial charge in [0.15, 0.2) is 5.75 Å². The maximum atomic E-state index is 10.3. The van der Waals surface area contributed by atoms with Gasteiger partial charge in [-0.3, -0.25) is 4.79 Å². The maximum Gasteiger partial charge on any atom is 0.203 e. The number of ether oxygens (including phenoxy) is 1. The van der Waals surface area contributed by atoms with Gasteiger partial charge in [0.1, 0.15) is 6.29 Å². The van der Waals surface area contributed by atoms with Crippen molar-refractivity contribution in [3.63, 3.8) is 0 Å². The van der Waals surface area contributed by atoms with E-state index in [1.54, 1.807) is 0 Å². The topological polar surface area (TPSA) is 29.5 Å². The number of rotatable bonds is 1. The highest BCUT2D eigenvalue weighted by Gasteiger charge is 2.21. The highest BCUT2D eigenvalue weighted by atomic mass is 16.5. The normalized spacial score (nSPS) is 17.0. The van der Waals surface area contributed by atoms with Gasteiger partial charge in [0.25, 0.3) is 0 Å². The predicted octanol–water partition coefficient (Wildman–Crippen LogP) is 1.56. The van der Waals surface area contributed by atoms with Gasteiger partial charge in [-0.15, -0.1) is 0 Å². The van der Waals surface area contributed by atoms with Crippen molar-refractivity contribution >= 4 is 12.0 Å². The van der Waals surface area contributed by atoms with Gasteiger partial charge in [-0.2, -0.15) is 0 Å². The van der Waals surface area contributed by atoms with Crippen molar-refractivity contribution in [1.82, 2.24) is 0 Å². The van der Waals surface area contributed by atoms with Crippen molar-refractivity contribution in [3.8, 4) is 5.75 Å². The van der Waals surface area contributed by atoms with E-state index in [4.69, 9.17) is 4.74 Å². The lowest BCUT2D eigenvalue weighted by molar-refractivity contribution is -0.104. The molecule has 0 N–H and O–H groups in total. The third kappa shape index (κ3) is 1.18. The van der Waals surface area contributed by atoms with Crippen molar-refractivity contribution in [2.24, 2.45) is 0 Å². The van der Waals surface area contributed by atoms with Crippen molar-refractivity contribution in [2.45, 2.75) is 0 Å². The summed E-state index contributed by atoms with van der Waals surface area (Å²) in [7, 11) is 1.86. The summed E-state index contributed by atoms with van der Waals surface area (Å²) in [6, 6.07) is 7.65. The number of carbonyl (C=O) groups excluding carboxylic acids is 1. The largest absolute Gasteiger partial charge is 0.439 e. The number of para-hydroxylation sites is 2. The van der Waals surface area contributed by atoms with E-state index in [2.05, 4.69) is 0 Å². The molecule has 1 aliphatic rings. The first-order chi connectivity index (χ1) is 6.33. The monoisotopic (exact) mass is 175 g/mol. The molecule has 1 aromatic carbocycles. The van der Waals surface area contributed by atoms with Crippen molar-refractivity contribution < 1.29 is 9.53 Å². The van der Waals surface area contributed by atoms with Crippen LogP contribution in [0.15, 0.2) is 36.2 Å². The Morgan fingerprint density at radius 3 is 2.85 bits per heavy atom. The van der Waals surface area contributed by atoms with Crippen LogP contribution < -0.4 is 9.64 Å². The van der Waals surface area contributed by atoms with Gasteiger partial charge in [-0.05, 0) is 12.1 Å². The second-order valence-electron chi connectivity index (χ2n) is 2.77. The van der Waals surface area contributed by atoms with Gasteiger partial charge in [0.2, 0.25) is 5.88 Å². The fraction of sp³-hybridized carbons (Fsp3) is 0.100. The number of anilines is 1. The summed E-state index contributed by atoms with van der Waals surface area (Å²) in [5, 5.41) is 0. The van der Waals surface area contributed by atoms with Crippen LogP contribution in [0.3, 0.4) is 0 Å². The molecule has 13 heavy (non-hydrogen) atoms. The molecule has 0 fully saturated rings. The number of fused-ring (bicyclic) bond motifs is 1. The van der Waals surface area contributed by atoms with Crippen LogP contribution in [0, 0.1) is 0 Å². The number of hydrogen-bond acceptors (Lipinski definition) is 3. The molecular weight excluding hydrogens is 166 g/mol.